The number of rotatable bonds is 9. The Balaban J connectivity index is 1.83. The highest BCUT2D eigenvalue weighted by Crippen LogP contribution is 2.90. The Kier molecular flexibility index (Phi) is 9.02. The maximum Gasteiger partial charge on any atom is 0.306 e. The summed E-state index contributed by atoms with van der Waals surface area (Å²) in [6, 6.07) is 19.8. The van der Waals surface area contributed by atoms with Crippen LogP contribution in [0.5, 0.6) is 11.5 Å². The summed E-state index contributed by atoms with van der Waals surface area (Å²) in [6.45, 7) is 14.2. The fourth-order valence-electron chi connectivity index (χ4n) is 4.15. The van der Waals surface area contributed by atoms with Gasteiger partial charge >= 0.3 is 7.59 Å². The van der Waals surface area contributed by atoms with Crippen LogP contribution in [0.4, 0.5) is 0 Å². The van der Waals surface area contributed by atoms with Gasteiger partial charge < -0.3 is 9.05 Å². The molecular formula is C22H35N5O3P4. The zero-order chi connectivity index (χ0) is 24.3. The molecule has 0 aliphatic carbocycles. The van der Waals surface area contributed by atoms with E-state index in [1.54, 1.807) is 0 Å². The van der Waals surface area contributed by atoms with Crippen LogP contribution in [0, 0.1) is 0 Å². The number of hydrogen-bond acceptors (Lipinski definition) is 5. The van der Waals surface area contributed by atoms with Gasteiger partial charge in [0.1, 0.15) is 19.9 Å². The topological polar surface area (TPSA) is 51.7 Å². The van der Waals surface area contributed by atoms with Gasteiger partial charge in [0, 0.05) is 32.7 Å². The summed E-state index contributed by atoms with van der Waals surface area (Å²) in [5.74, 6) is 1.62. The van der Waals surface area contributed by atoms with Crippen molar-refractivity contribution in [1.29, 1.82) is 0 Å². The summed E-state index contributed by atoms with van der Waals surface area (Å²) in [5.41, 5.74) is 0. The Morgan fingerprint density at radius 3 is 1.32 bits per heavy atom. The van der Waals surface area contributed by atoms with Crippen LogP contribution >= 0.6 is 32.9 Å². The summed E-state index contributed by atoms with van der Waals surface area (Å²) in [5, 5.41) is 0. The van der Waals surface area contributed by atoms with Crippen LogP contribution in [0.2, 0.25) is 0 Å². The quantitative estimate of drug-likeness (QED) is 0.302. The second-order valence-electron chi connectivity index (χ2n) is 7.54. The third-order valence-electron chi connectivity index (χ3n) is 5.59. The van der Waals surface area contributed by atoms with Crippen LogP contribution in [0.15, 0.2) is 60.7 Å². The Bertz CT molecular complexity index is 906. The van der Waals surface area contributed by atoms with Crippen LogP contribution < -0.4 is 9.05 Å². The molecule has 2 saturated heterocycles. The molecule has 2 atom stereocenters. The van der Waals surface area contributed by atoms with Crippen molar-refractivity contribution in [3.05, 3.63) is 60.7 Å². The van der Waals surface area contributed by atoms with Crippen molar-refractivity contribution in [1.82, 2.24) is 22.2 Å². The molecule has 0 saturated carbocycles. The molecule has 2 aromatic rings. The average molecular weight is 541 g/mol. The maximum atomic E-state index is 15.3. The van der Waals surface area contributed by atoms with E-state index in [2.05, 4.69) is 56.8 Å². The number of benzene rings is 2. The Morgan fingerprint density at radius 2 is 1.00 bits per heavy atom. The average Bonchev–Trinajstić information content (AvgIpc) is 2.86. The summed E-state index contributed by atoms with van der Waals surface area (Å²) in [7, 11) is -6.70. The number of fused-ring (bicyclic) bond motifs is 2. The van der Waals surface area contributed by atoms with E-state index in [1.807, 2.05) is 60.7 Å². The third-order valence-corrected chi connectivity index (χ3v) is 19.2. The van der Waals surface area contributed by atoms with E-state index in [1.165, 1.54) is 0 Å². The monoisotopic (exact) mass is 541 g/mol. The molecule has 2 fully saturated rings. The van der Waals surface area contributed by atoms with E-state index >= 15 is 4.57 Å². The predicted molar refractivity (Wildman–Crippen MR) is 144 cm³/mol. The normalized spacial score (nSPS) is 29.3. The molecule has 186 valence electrons. The standard InChI is InChI=1S/C22H35N5O3P4/c1-6-23-31-24(7-2)33(30-22-19-15-12-16-20-22)27(10-5)34(28,25(31)8-3)26(9-4)32(23)29-21-17-13-11-14-18-21/h11-20H,6-10H2,1-5H3. The van der Waals surface area contributed by atoms with E-state index in [0.29, 0.717) is 19.6 Å². The van der Waals surface area contributed by atoms with Gasteiger partial charge in [0.2, 0.25) is 0 Å². The first kappa shape index (κ1) is 26.4. The minimum absolute atomic E-state index is 0.628. The zero-order valence-electron chi connectivity index (χ0n) is 20.6. The SMILES string of the molecule is CCN1P(Oc2ccccc2)N(CC)P2(=O)N(CC)P(Oc3ccccc3)N(CC)P1N2CC. The van der Waals surface area contributed by atoms with Crippen molar-refractivity contribution in [3.63, 3.8) is 0 Å². The summed E-state index contributed by atoms with van der Waals surface area (Å²) in [6.07, 6.45) is 0. The van der Waals surface area contributed by atoms with Gasteiger partial charge in [0.15, 0.2) is 0 Å². The van der Waals surface area contributed by atoms with E-state index < -0.39 is 32.9 Å². The van der Waals surface area contributed by atoms with Gasteiger partial charge in [-0.1, -0.05) is 71.0 Å². The van der Waals surface area contributed by atoms with Gasteiger partial charge in [-0.2, -0.15) is 22.2 Å². The van der Waals surface area contributed by atoms with Crippen molar-refractivity contribution in [2.45, 2.75) is 34.6 Å². The molecule has 0 radical (unpaired) electrons. The van der Waals surface area contributed by atoms with Gasteiger partial charge in [0.25, 0.3) is 16.9 Å². The Hall–Kier alpha value is -0.640. The van der Waals surface area contributed by atoms with Crippen LogP contribution in [0.1, 0.15) is 34.6 Å². The van der Waals surface area contributed by atoms with Crippen molar-refractivity contribution in [2.24, 2.45) is 0 Å². The largest absolute Gasteiger partial charge is 0.444 e. The molecule has 0 spiro atoms. The summed E-state index contributed by atoms with van der Waals surface area (Å²) >= 11 is 0. The molecule has 0 amide bonds. The summed E-state index contributed by atoms with van der Waals surface area (Å²) < 4.78 is 39.9. The van der Waals surface area contributed by atoms with Crippen molar-refractivity contribution in [3.8, 4) is 11.5 Å². The van der Waals surface area contributed by atoms with Crippen LogP contribution in [-0.2, 0) is 4.57 Å². The molecular weight excluding hydrogens is 506 g/mol. The fraction of sp³-hybridized carbons (Fsp3) is 0.455. The predicted octanol–water partition coefficient (Wildman–Crippen LogP) is 7.57. The first-order valence-electron chi connectivity index (χ1n) is 11.9. The molecule has 2 aliphatic rings. The maximum absolute atomic E-state index is 15.3. The second-order valence-corrected chi connectivity index (χ2v) is 16.9. The lowest BCUT2D eigenvalue weighted by molar-refractivity contribution is 0.347. The number of hydrogen-bond donors (Lipinski definition) is 0. The first-order chi connectivity index (χ1) is 16.5. The third kappa shape index (κ3) is 4.59. The molecule has 4 rings (SSSR count). The van der Waals surface area contributed by atoms with Gasteiger partial charge in [-0.15, -0.1) is 0 Å². The van der Waals surface area contributed by atoms with E-state index in [0.717, 1.165) is 24.6 Å². The molecule has 8 nitrogen and oxygen atoms in total. The molecule has 0 aromatic heterocycles. The van der Waals surface area contributed by atoms with E-state index in [9.17, 15) is 0 Å². The van der Waals surface area contributed by atoms with E-state index in [4.69, 9.17) is 9.05 Å². The lowest BCUT2D eigenvalue weighted by Gasteiger charge is -2.63. The van der Waals surface area contributed by atoms with Crippen LogP contribution in [0.25, 0.3) is 0 Å². The van der Waals surface area contributed by atoms with Crippen LogP contribution in [0.3, 0.4) is 0 Å². The van der Waals surface area contributed by atoms with Gasteiger partial charge in [-0.05, 0) is 24.3 Å². The molecule has 2 bridgehead atoms. The lowest BCUT2D eigenvalue weighted by atomic mass is 10.3. The molecule has 2 heterocycles. The van der Waals surface area contributed by atoms with Crippen molar-refractivity contribution < 1.29 is 13.6 Å². The lowest BCUT2D eigenvalue weighted by Crippen LogP contribution is -2.51. The number of para-hydroxylation sites is 2. The smallest absolute Gasteiger partial charge is 0.306 e. The molecule has 2 aromatic carbocycles. The number of nitrogens with zero attached hydrogens (tertiary/aromatic N) is 5. The summed E-state index contributed by atoms with van der Waals surface area (Å²) in [4.78, 5) is 0. The fourth-order valence-corrected chi connectivity index (χ4v) is 20.0. The molecule has 0 N–H and O–H groups in total. The van der Waals surface area contributed by atoms with Gasteiger partial charge in [-0.25, -0.2) is 0 Å². The first-order valence-corrected chi connectivity index (χ1v) is 17.0. The van der Waals surface area contributed by atoms with Crippen molar-refractivity contribution >= 4 is 32.9 Å². The molecule has 34 heavy (non-hydrogen) atoms. The molecule has 12 heteroatoms. The van der Waals surface area contributed by atoms with Crippen molar-refractivity contribution in [2.75, 3.05) is 32.7 Å². The minimum atomic E-state index is -3.13. The van der Waals surface area contributed by atoms with E-state index in [-0.39, 0.29) is 0 Å². The molecule has 2 unspecified atom stereocenters. The van der Waals surface area contributed by atoms with Crippen LogP contribution in [-0.4, -0.2) is 54.9 Å². The van der Waals surface area contributed by atoms with Gasteiger partial charge in [-0.3, -0.25) is 4.57 Å². The highest BCUT2D eigenvalue weighted by Gasteiger charge is 2.65. The minimum Gasteiger partial charge on any atom is -0.444 e. The van der Waals surface area contributed by atoms with Gasteiger partial charge in [0.05, 0.1) is 0 Å². The highest BCUT2D eigenvalue weighted by atomic mass is 31.3. The second kappa shape index (κ2) is 11.6. The zero-order valence-corrected chi connectivity index (χ0v) is 24.1. The Labute approximate surface area is 208 Å². The highest BCUT2D eigenvalue weighted by molar-refractivity contribution is 7.90. The Morgan fingerprint density at radius 1 is 0.618 bits per heavy atom. The molecule has 2 aliphatic heterocycles.